The van der Waals surface area contributed by atoms with Crippen LogP contribution in [0.3, 0.4) is 0 Å². The molecule has 1 aromatic heterocycles. The maximum absolute atomic E-state index is 8.44. The van der Waals surface area contributed by atoms with E-state index in [1.807, 2.05) is 29.1 Å². The molecular weight excluding hydrogens is 595 g/mol. The predicted molar refractivity (Wildman–Crippen MR) is 199 cm³/mol. The van der Waals surface area contributed by atoms with Crippen LogP contribution in [-0.2, 0) is 17.6 Å². The zero-order chi connectivity index (χ0) is 33.8. The Labute approximate surface area is 290 Å². The lowest BCUT2D eigenvalue weighted by Crippen LogP contribution is -2.39. The fraction of sp³-hybridized carbons (Fsp3) is 0.0870. The van der Waals surface area contributed by atoms with E-state index >= 15 is 0 Å². The van der Waals surface area contributed by atoms with Crippen molar-refractivity contribution in [1.82, 2.24) is 0 Å². The first-order valence-corrected chi connectivity index (χ1v) is 16.7. The molecule has 0 saturated carbocycles. The standard InChI is InChI=1S/C38H30N.C8H9N2/c1-7-19-31(20-8-1)37(32-21-9-2-10-22-32,33-23-11-3-12-24-33)39-38(34-25-13-4-14-26-34,35-27-15-5-16-28-35)36-29-17-6-18-30-36;1-2-10-5-3-8(7-9)4-6-10/h1-30H;3-6H,2H2,1H3/q-1;+1. The van der Waals surface area contributed by atoms with Crippen LogP contribution in [0.5, 0.6) is 0 Å². The van der Waals surface area contributed by atoms with Crippen LogP contribution in [0.4, 0.5) is 0 Å². The lowest BCUT2D eigenvalue weighted by Gasteiger charge is -2.60. The number of hydrogen-bond acceptors (Lipinski definition) is 1. The molecule has 0 N–H and O–H groups in total. The SMILES string of the molecule is CC[n+]1ccc(C#N)cc1.c1ccc(C([N-]C(c2ccccc2)(c2ccccc2)c2ccccc2)(c2ccccc2)c2ccccc2)cc1. The fourth-order valence-electron chi connectivity index (χ4n) is 6.46. The largest absolute Gasteiger partial charge is 0.628 e. The summed E-state index contributed by atoms with van der Waals surface area (Å²) >= 11 is 0. The molecule has 3 nitrogen and oxygen atoms in total. The Morgan fingerprint density at radius 1 is 0.429 bits per heavy atom. The molecule has 0 fully saturated rings. The highest BCUT2D eigenvalue weighted by Crippen LogP contribution is 2.55. The van der Waals surface area contributed by atoms with Gasteiger partial charge in [-0.2, -0.15) is 5.26 Å². The molecule has 1 heterocycles. The van der Waals surface area contributed by atoms with Crippen molar-refractivity contribution in [3.05, 3.63) is 251 Å². The molecule has 0 atom stereocenters. The minimum absolute atomic E-state index is 0.713. The molecule has 0 spiro atoms. The number of rotatable bonds is 9. The first-order chi connectivity index (χ1) is 24.2. The smallest absolute Gasteiger partial charge is 0.170 e. The molecule has 49 heavy (non-hydrogen) atoms. The molecule has 7 aromatic rings. The van der Waals surface area contributed by atoms with E-state index in [1.165, 1.54) is 0 Å². The summed E-state index contributed by atoms with van der Waals surface area (Å²) < 4.78 is 2.01. The molecule has 0 aliphatic rings. The van der Waals surface area contributed by atoms with Gasteiger partial charge in [0.25, 0.3) is 0 Å². The second kappa shape index (κ2) is 15.7. The summed E-state index contributed by atoms with van der Waals surface area (Å²) in [6.07, 6.45) is 3.80. The summed E-state index contributed by atoms with van der Waals surface area (Å²) in [6, 6.07) is 69.9. The zero-order valence-electron chi connectivity index (χ0n) is 27.7. The van der Waals surface area contributed by atoms with Crippen molar-refractivity contribution in [2.24, 2.45) is 0 Å². The Hall–Kier alpha value is -6.08. The topological polar surface area (TPSA) is 41.8 Å². The van der Waals surface area contributed by atoms with Gasteiger partial charge in [0, 0.05) is 12.1 Å². The van der Waals surface area contributed by atoms with Crippen molar-refractivity contribution in [1.29, 1.82) is 5.26 Å². The Balaban J connectivity index is 0.000000359. The second-order valence-electron chi connectivity index (χ2n) is 11.8. The molecule has 0 radical (unpaired) electrons. The van der Waals surface area contributed by atoms with Gasteiger partial charge in [0.05, 0.1) is 11.6 Å². The molecule has 0 amide bonds. The van der Waals surface area contributed by atoms with E-state index in [9.17, 15) is 0 Å². The van der Waals surface area contributed by atoms with Gasteiger partial charge in [-0.05, 0) is 18.0 Å². The number of nitrogens with zero attached hydrogens (tertiary/aromatic N) is 3. The summed E-state index contributed by atoms with van der Waals surface area (Å²) in [4.78, 5) is 0. The first-order valence-electron chi connectivity index (χ1n) is 16.7. The van der Waals surface area contributed by atoms with E-state index in [-0.39, 0.29) is 0 Å². The number of hydrogen-bond donors (Lipinski definition) is 0. The summed E-state index contributed by atoms with van der Waals surface area (Å²) in [6.45, 7) is 3.01. The second-order valence-corrected chi connectivity index (χ2v) is 11.8. The average molecular weight is 634 g/mol. The number of aromatic nitrogens is 1. The summed E-state index contributed by atoms with van der Waals surface area (Å²) in [5.41, 5.74) is 5.83. The monoisotopic (exact) mass is 633 g/mol. The van der Waals surface area contributed by atoms with Crippen molar-refractivity contribution in [2.75, 3.05) is 0 Å². The van der Waals surface area contributed by atoms with Crippen molar-refractivity contribution in [2.45, 2.75) is 24.5 Å². The van der Waals surface area contributed by atoms with Gasteiger partial charge < -0.3 is 5.32 Å². The highest BCUT2D eigenvalue weighted by molar-refractivity contribution is 5.64. The zero-order valence-corrected chi connectivity index (χ0v) is 27.7. The summed E-state index contributed by atoms with van der Waals surface area (Å²) in [5.74, 6) is 0. The van der Waals surface area contributed by atoms with Crippen LogP contribution >= 0.6 is 0 Å². The van der Waals surface area contributed by atoms with Crippen LogP contribution in [0, 0.1) is 11.3 Å². The van der Waals surface area contributed by atoms with Crippen LogP contribution < -0.4 is 4.57 Å². The maximum Gasteiger partial charge on any atom is 0.170 e. The third-order valence-electron chi connectivity index (χ3n) is 8.87. The molecule has 0 aliphatic heterocycles. The normalized spacial score (nSPS) is 11.1. The van der Waals surface area contributed by atoms with E-state index < -0.39 is 11.1 Å². The lowest BCUT2D eigenvalue weighted by molar-refractivity contribution is -0.693. The summed E-state index contributed by atoms with van der Waals surface area (Å²) in [5, 5.41) is 14.6. The molecule has 0 aliphatic carbocycles. The maximum atomic E-state index is 8.44. The molecular formula is C46H39N3. The minimum atomic E-state index is -0.800. The highest BCUT2D eigenvalue weighted by Gasteiger charge is 2.36. The van der Waals surface area contributed by atoms with E-state index in [4.69, 9.17) is 10.6 Å². The van der Waals surface area contributed by atoms with Gasteiger partial charge in [0.15, 0.2) is 12.4 Å². The number of pyridine rings is 1. The third-order valence-corrected chi connectivity index (χ3v) is 8.87. The van der Waals surface area contributed by atoms with Gasteiger partial charge in [-0.25, -0.2) is 4.57 Å². The molecule has 238 valence electrons. The van der Waals surface area contributed by atoms with E-state index in [0.717, 1.165) is 39.9 Å². The van der Waals surface area contributed by atoms with Crippen LogP contribution in [0.2, 0.25) is 0 Å². The van der Waals surface area contributed by atoms with E-state index in [0.29, 0.717) is 5.56 Å². The molecule has 6 aromatic carbocycles. The van der Waals surface area contributed by atoms with Gasteiger partial charge in [-0.1, -0.05) is 215 Å². The number of nitriles is 1. The molecule has 3 heteroatoms. The quantitative estimate of drug-likeness (QED) is 0.115. The molecule has 0 saturated heterocycles. The van der Waals surface area contributed by atoms with Gasteiger partial charge >= 0.3 is 0 Å². The fourth-order valence-corrected chi connectivity index (χ4v) is 6.46. The highest BCUT2D eigenvalue weighted by atomic mass is 15.1. The Bertz CT molecular complexity index is 1720. The molecule has 0 bridgehead atoms. The first kappa shape index (κ1) is 32.8. The van der Waals surface area contributed by atoms with Crippen LogP contribution in [-0.4, -0.2) is 0 Å². The Morgan fingerprint density at radius 2 is 0.673 bits per heavy atom. The van der Waals surface area contributed by atoms with E-state index in [2.05, 4.69) is 195 Å². The van der Waals surface area contributed by atoms with E-state index in [1.54, 1.807) is 0 Å². The molecule has 0 unspecified atom stereocenters. The van der Waals surface area contributed by atoms with Crippen LogP contribution in [0.1, 0.15) is 45.9 Å². The molecule has 7 rings (SSSR count). The van der Waals surface area contributed by atoms with Crippen molar-refractivity contribution >= 4 is 0 Å². The van der Waals surface area contributed by atoms with Crippen molar-refractivity contribution < 1.29 is 4.57 Å². The van der Waals surface area contributed by atoms with Crippen molar-refractivity contribution in [3.63, 3.8) is 0 Å². The van der Waals surface area contributed by atoms with Gasteiger partial charge in [-0.15, -0.1) is 0 Å². The van der Waals surface area contributed by atoms with Crippen molar-refractivity contribution in [3.8, 4) is 6.07 Å². The number of aryl methyl sites for hydroxylation is 1. The minimum Gasteiger partial charge on any atom is -0.628 e. The predicted octanol–water partition coefficient (Wildman–Crippen LogP) is 10.2. The average Bonchev–Trinajstić information content (AvgIpc) is 3.21. The summed E-state index contributed by atoms with van der Waals surface area (Å²) in [7, 11) is 0. The van der Waals surface area contributed by atoms with Crippen LogP contribution in [0.15, 0.2) is 207 Å². The van der Waals surface area contributed by atoms with Crippen LogP contribution in [0.25, 0.3) is 5.32 Å². The lowest BCUT2D eigenvalue weighted by atomic mass is 9.70. The van der Waals surface area contributed by atoms with Gasteiger partial charge in [0.2, 0.25) is 0 Å². The Kier molecular flexibility index (Phi) is 10.5. The van der Waals surface area contributed by atoms with Gasteiger partial charge in [0.1, 0.15) is 6.54 Å². The Morgan fingerprint density at radius 3 is 0.878 bits per heavy atom. The number of benzene rings is 6. The van der Waals surface area contributed by atoms with Gasteiger partial charge in [-0.3, -0.25) is 0 Å². The third kappa shape index (κ3) is 6.97.